The smallest absolute Gasteiger partial charge is 0.262 e. The molecule has 3 aromatic carbocycles. The number of nitrogens with one attached hydrogen (secondary N) is 2. The topological polar surface area (TPSA) is 50.4 Å². The lowest BCUT2D eigenvalue weighted by Gasteiger charge is -2.14. The molecule has 3 rings (SSSR count). The number of anilines is 3. The summed E-state index contributed by atoms with van der Waals surface area (Å²) in [6, 6.07) is 25.3. The Bertz CT molecular complexity index is 874. The van der Waals surface area contributed by atoms with E-state index in [0.717, 1.165) is 28.4 Å². The molecule has 0 atom stereocenters. The summed E-state index contributed by atoms with van der Waals surface area (Å²) in [5.74, 6) is 0.913. The van der Waals surface area contributed by atoms with Gasteiger partial charge >= 0.3 is 0 Å². The third-order valence-electron chi connectivity index (χ3n) is 4.13. The third kappa shape index (κ3) is 5.35. The molecule has 0 bridgehead atoms. The minimum Gasteiger partial charge on any atom is -0.483 e. The molecule has 2 N–H and O–H groups in total. The molecule has 0 saturated carbocycles. The summed E-state index contributed by atoms with van der Waals surface area (Å²) in [6.07, 6.45) is 0. The van der Waals surface area contributed by atoms with Crippen LogP contribution in [0, 0.1) is 0 Å². The van der Waals surface area contributed by atoms with Gasteiger partial charge in [0.25, 0.3) is 5.91 Å². The fourth-order valence-electron chi connectivity index (χ4n) is 2.75. The molecule has 0 unspecified atom stereocenters. The van der Waals surface area contributed by atoms with Crippen LogP contribution >= 0.6 is 0 Å². The molecule has 3 aromatic rings. The van der Waals surface area contributed by atoms with Crippen LogP contribution in [0.5, 0.6) is 5.75 Å². The molecule has 0 aromatic heterocycles. The average Bonchev–Trinajstić information content (AvgIpc) is 2.69. The van der Waals surface area contributed by atoms with Gasteiger partial charge in [0.15, 0.2) is 6.61 Å². The van der Waals surface area contributed by atoms with Crippen molar-refractivity contribution in [2.24, 2.45) is 0 Å². The number of hydrogen-bond donors (Lipinski definition) is 2. The molecule has 27 heavy (non-hydrogen) atoms. The van der Waals surface area contributed by atoms with Gasteiger partial charge in [0.05, 0.1) is 0 Å². The quantitative estimate of drug-likeness (QED) is 0.579. The largest absolute Gasteiger partial charge is 0.483 e. The van der Waals surface area contributed by atoms with E-state index < -0.39 is 0 Å². The summed E-state index contributed by atoms with van der Waals surface area (Å²) in [5.41, 5.74) is 3.81. The zero-order valence-electron chi connectivity index (χ0n) is 15.6. The Kier molecular flexibility index (Phi) is 6.10. The molecule has 0 aliphatic heterocycles. The number of carbonyl (C=O) groups is 1. The predicted molar refractivity (Wildman–Crippen MR) is 111 cm³/mol. The van der Waals surface area contributed by atoms with Crippen molar-refractivity contribution < 1.29 is 9.53 Å². The molecule has 0 fully saturated rings. The van der Waals surface area contributed by atoms with E-state index in [0.29, 0.717) is 5.92 Å². The highest BCUT2D eigenvalue weighted by Crippen LogP contribution is 2.25. The minimum atomic E-state index is -0.183. The fraction of sp³-hybridized carbons (Fsp3) is 0.174. The van der Waals surface area contributed by atoms with Gasteiger partial charge < -0.3 is 15.4 Å². The van der Waals surface area contributed by atoms with Crippen molar-refractivity contribution in [3.63, 3.8) is 0 Å². The van der Waals surface area contributed by atoms with E-state index in [4.69, 9.17) is 4.74 Å². The van der Waals surface area contributed by atoms with Gasteiger partial charge in [-0.25, -0.2) is 0 Å². The maximum Gasteiger partial charge on any atom is 0.262 e. The number of benzene rings is 3. The zero-order valence-corrected chi connectivity index (χ0v) is 15.6. The predicted octanol–water partition coefficient (Wildman–Crippen LogP) is 5.57. The van der Waals surface area contributed by atoms with Crippen LogP contribution in [0.4, 0.5) is 17.1 Å². The van der Waals surface area contributed by atoms with Gasteiger partial charge in [0.2, 0.25) is 0 Å². The molecule has 0 radical (unpaired) electrons. The first-order valence-corrected chi connectivity index (χ1v) is 9.05. The van der Waals surface area contributed by atoms with E-state index in [1.165, 1.54) is 0 Å². The molecular weight excluding hydrogens is 336 g/mol. The van der Waals surface area contributed by atoms with E-state index in [1.54, 1.807) is 0 Å². The molecule has 138 valence electrons. The van der Waals surface area contributed by atoms with Gasteiger partial charge in [-0.05, 0) is 53.9 Å². The van der Waals surface area contributed by atoms with Crippen molar-refractivity contribution in [1.82, 2.24) is 0 Å². The summed E-state index contributed by atoms with van der Waals surface area (Å²) < 4.78 is 5.71. The van der Waals surface area contributed by atoms with Crippen LogP contribution in [0.1, 0.15) is 25.3 Å². The Hall–Kier alpha value is -3.27. The van der Waals surface area contributed by atoms with Crippen LogP contribution in [-0.2, 0) is 4.79 Å². The summed E-state index contributed by atoms with van der Waals surface area (Å²) >= 11 is 0. The molecule has 4 nitrogen and oxygen atoms in total. The van der Waals surface area contributed by atoms with Gasteiger partial charge in [-0.2, -0.15) is 0 Å². The third-order valence-corrected chi connectivity index (χ3v) is 4.13. The van der Waals surface area contributed by atoms with E-state index in [2.05, 4.69) is 24.5 Å². The van der Waals surface area contributed by atoms with E-state index in [1.807, 2.05) is 78.9 Å². The molecule has 0 spiro atoms. The van der Waals surface area contributed by atoms with Crippen molar-refractivity contribution in [3.8, 4) is 5.75 Å². The fourth-order valence-corrected chi connectivity index (χ4v) is 2.75. The SMILES string of the molecule is CC(C)c1ccccc1OCC(=O)Nc1ccc(Nc2ccccc2)cc1. The zero-order chi connectivity index (χ0) is 19.1. The first-order valence-electron chi connectivity index (χ1n) is 9.05. The van der Waals surface area contributed by atoms with Crippen LogP contribution in [0.3, 0.4) is 0 Å². The maximum absolute atomic E-state index is 12.2. The van der Waals surface area contributed by atoms with Crippen LogP contribution in [0.15, 0.2) is 78.9 Å². The van der Waals surface area contributed by atoms with Crippen LogP contribution in [-0.4, -0.2) is 12.5 Å². The van der Waals surface area contributed by atoms with Gasteiger partial charge in [0, 0.05) is 17.1 Å². The van der Waals surface area contributed by atoms with Crippen LogP contribution < -0.4 is 15.4 Å². The second-order valence-corrected chi connectivity index (χ2v) is 6.60. The molecule has 0 heterocycles. The molecule has 0 saturated heterocycles. The normalized spacial score (nSPS) is 10.5. The first kappa shape index (κ1) is 18.5. The van der Waals surface area contributed by atoms with Crippen LogP contribution in [0.25, 0.3) is 0 Å². The molecular formula is C23H24N2O2. The van der Waals surface area contributed by atoms with E-state index in [-0.39, 0.29) is 12.5 Å². The highest BCUT2D eigenvalue weighted by atomic mass is 16.5. The molecule has 0 aliphatic carbocycles. The van der Waals surface area contributed by atoms with Crippen molar-refractivity contribution >= 4 is 23.0 Å². The molecule has 1 amide bonds. The highest BCUT2D eigenvalue weighted by molar-refractivity contribution is 5.92. The second-order valence-electron chi connectivity index (χ2n) is 6.60. The minimum absolute atomic E-state index is 0.0201. The highest BCUT2D eigenvalue weighted by Gasteiger charge is 2.09. The van der Waals surface area contributed by atoms with Crippen molar-refractivity contribution in [2.45, 2.75) is 19.8 Å². The monoisotopic (exact) mass is 360 g/mol. The number of carbonyl (C=O) groups excluding carboxylic acids is 1. The molecule has 0 aliphatic rings. The standard InChI is InChI=1S/C23H24N2O2/c1-17(2)21-10-6-7-11-22(21)27-16-23(26)25-20-14-12-19(13-15-20)24-18-8-4-3-5-9-18/h3-15,17,24H,16H2,1-2H3,(H,25,26). The van der Waals surface area contributed by atoms with Crippen molar-refractivity contribution in [2.75, 3.05) is 17.2 Å². The van der Waals surface area contributed by atoms with Gasteiger partial charge in [-0.1, -0.05) is 50.2 Å². The Balaban J connectivity index is 1.54. The Morgan fingerprint density at radius 3 is 2.11 bits per heavy atom. The summed E-state index contributed by atoms with van der Waals surface area (Å²) in [5, 5.41) is 6.17. The lowest BCUT2D eigenvalue weighted by molar-refractivity contribution is -0.118. The maximum atomic E-state index is 12.2. The van der Waals surface area contributed by atoms with Crippen LogP contribution in [0.2, 0.25) is 0 Å². The second kappa shape index (κ2) is 8.90. The number of hydrogen-bond acceptors (Lipinski definition) is 3. The Labute approximate surface area is 160 Å². The van der Waals surface area contributed by atoms with Gasteiger partial charge in [-0.15, -0.1) is 0 Å². The van der Waals surface area contributed by atoms with E-state index >= 15 is 0 Å². The average molecular weight is 360 g/mol. The molecule has 4 heteroatoms. The lowest BCUT2D eigenvalue weighted by atomic mass is 10.0. The number of amides is 1. The Morgan fingerprint density at radius 2 is 1.41 bits per heavy atom. The number of rotatable bonds is 7. The van der Waals surface area contributed by atoms with Gasteiger partial charge in [0.1, 0.15) is 5.75 Å². The first-order chi connectivity index (χ1) is 13.1. The Morgan fingerprint density at radius 1 is 0.815 bits per heavy atom. The lowest BCUT2D eigenvalue weighted by Crippen LogP contribution is -2.20. The number of para-hydroxylation sites is 2. The van der Waals surface area contributed by atoms with Crippen molar-refractivity contribution in [3.05, 3.63) is 84.4 Å². The van der Waals surface area contributed by atoms with Crippen molar-refractivity contribution in [1.29, 1.82) is 0 Å². The summed E-state index contributed by atoms with van der Waals surface area (Å²) in [7, 11) is 0. The number of ether oxygens (including phenoxy) is 1. The van der Waals surface area contributed by atoms with Gasteiger partial charge in [-0.3, -0.25) is 4.79 Å². The van der Waals surface area contributed by atoms with E-state index in [9.17, 15) is 4.79 Å². The summed E-state index contributed by atoms with van der Waals surface area (Å²) in [6.45, 7) is 4.19. The summed E-state index contributed by atoms with van der Waals surface area (Å²) in [4.78, 5) is 12.2.